The molecule has 0 aliphatic heterocycles. The maximum Gasteiger partial charge on any atom is 0.261 e. The molecule has 4 rings (SSSR count). The molecule has 0 bridgehead atoms. The van der Waals surface area contributed by atoms with E-state index >= 15 is 0 Å². The van der Waals surface area contributed by atoms with E-state index in [1.807, 2.05) is 54.6 Å². The number of carbonyl (C=O) groups is 1. The van der Waals surface area contributed by atoms with Crippen LogP contribution >= 0.6 is 33.9 Å². The van der Waals surface area contributed by atoms with Crippen LogP contribution in [0.4, 0.5) is 5.13 Å². The van der Waals surface area contributed by atoms with Gasteiger partial charge < -0.3 is 9.15 Å². The summed E-state index contributed by atoms with van der Waals surface area (Å²) < 4.78 is 12.6. The molecule has 2 aromatic heterocycles. The van der Waals surface area contributed by atoms with Gasteiger partial charge in [-0.25, -0.2) is 4.98 Å². The summed E-state index contributed by atoms with van der Waals surface area (Å²) in [4.78, 5) is 19.7. The van der Waals surface area contributed by atoms with Crippen LogP contribution in [0.15, 0.2) is 65.3 Å². The van der Waals surface area contributed by atoms with Gasteiger partial charge in [0.25, 0.3) is 5.91 Å². The van der Waals surface area contributed by atoms with E-state index in [0.717, 1.165) is 19.5 Å². The van der Waals surface area contributed by atoms with E-state index in [9.17, 15) is 4.79 Å². The molecule has 2 heterocycles. The van der Waals surface area contributed by atoms with E-state index in [2.05, 4.69) is 27.6 Å². The number of furan rings is 1. The van der Waals surface area contributed by atoms with Crippen LogP contribution in [0.2, 0.25) is 0 Å². The van der Waals surface area contributed by atoms with E-state index in [1.54, 1.807) is 18.3 Å². The van der Waals surface area contributed by atoms with E-state index < -0.39 is 0 Å². The molecule has 2 aromatic carbocycles. The van der Waals surface area contributed by atoms with Gasteiger partial charge in [-0.3, -0.25) is 9.69 Å². The number of aromatic nitrogens is 1. The normalized spacial score (nSPS) is 10.9. The first-order valence-corrected chi connectivity index (χ1v) is 10.1. The Hall–Kier alpha value is -2.39. The first-order chi connectivity index (χ1) is 13.2. The van der Waals surface area contributed by atoms with Gasteiger partial charge in [0.15, 0.2) is 5.13 Å². The zero-order valence-electron chi connectivity index (χ0n) is 14.4. The molecule has 0 aliphatic rings. The van der Waals surface area contributed by atoms with E-state index in [-0.39, 0.29) is 5.91 Å². The highest BCUT2D eigenvalue weighted by Crippen LogP contribution is 2.33. The second-order valence-corrected chi connectivity index (χ2v) is 7.95. The third kappa shape index (κ3) is 3.70. The highest BCUT2D eigenvalue weighted by molar-refractivity contribution is 14.1. The molecule has 27 heavy (non-hydrogen) atoms. The second-order valence-electron chi connectivity index (χ2n) is 5.78. The van der Waals surface area contributed by atoms with Crippen molar-refractivity contribution in [2.75, 3.05) is 12.0 Å². The Morgan fingerprint density at radius 3 is 2.81 bits per heavy atom. The SMILES string of the molecule is COc1ccc2sc(N(Cc3ccco3)C(=O)c3ccccc3I)nc2c1. The highest BCUT2D eigenvalue weighted by atomic mass is 127. The largest absolute Gasteiger partial charge is 0.497 e. The van der Waals surface area contributed by atoms with Gasteiger partial charge in [-0.1, -0.05) is 23.5 Å². The lowest BCUT2D eigenvalue weighted by atomic mass is 10.2. The summed E-state index contributed by atoms with van der Waals surface area (Å²) in [6.07, 6.45) is 1.60. The predicted molar refractivity (Wildman–Crippen MR) is 115 cm³/mol. The number of ether oxygens (including phenoxy) is 1. The molecule has 0 saturated heterocycles. The summed E-state index contributed by atoms with van der Waals surface area (Å²) in [5.41, 5.74) is 1.44. The molecule has 136 valence electrons. The molecule has 1 amide bonds. The van der Waals surface area contributed by atoms with Crippen LogP contribution in [-0.2, 0) is 6.54 Å². The molecule has 7 heteroatoms. The number of amides is 1. The summed E-state index contributed by atoms with van der Waals surface area (Å²) in [6, 6.07) is 16.9. The number of anilines is 1. The van der Waals surface area contributed by atoms with Crippen molar-refractivity contribution in [2.45, 2.75) is 6.54 Å². The summed E-state index contributed by atoms with van der Waals surface area (Å²) in [5, 5.41) is 0.624. The molecular formula is C20H15IN2O3S. The number of halogens is 1. The number of carbonyl (C=O) groups excluding carboxylic acids is 1. The van der Waals surface area contributed by atoms with Crippen molar-refractivity contribution in [3.05, 3.63) is 75.8 Å². The van der Waals surface area contributed by atoms with E-state index in [0.29, 0.717) is 23.0 Å². The fraction of sp³-hybridized carbons (Fsp3) is 0.100. The minimum Gasteiger partial charge on any atom is -0.497 e. The molecule has 0 saturated carbocycles. The Labute approximate surface area is 173 Å². The first kappa shape index (κ1) is 18.0. The Morgan fingerprint density at radius 2 is 2.07 bits per heavy atom. The van der Waals surface area contributed by atoms with Crippen molar-refractivity contribution in [3.8, 4) is 5.75 Å². The smallest absolute Gasteiger partial charge is 0.261 e. The van der Waals surface area contributed by atoms with Crippen molar-refractivity contribution < 1.29 is 13.9 Å². The Kier molecular flexibility index (Phi) is 5.13. The minimum absolute atomic E-state index is 0.109. The maximum atomic E-state index is 13.3. The lowest BCUT2D eigenvalue weighted by molar-refractivity contribution is 0.0982. The lowest BCUT2D eigenvalue weighted by Gasteiger charge is -2.19. The molecule has 0 aliphatic carbocycles. The average molecular weight is 490 g/mol. The quantitative estimate of drug-likeness (QED) is 0.354. The summed E-state index contributed by atoms with van der Waals surface area (Å²) >= 11 is 3.65. The fourth-order valence-electron chi connectivity index (χ4n) is 2.70. The molecule has 0 radical (unpaired) electrons. The lowest BCUT2D eigenvalue weighted by Crippen LogP contribution is -2.30. The maximum absolute atomic E-state index is 13.3. The molecule has 0 atom stereocenters. The van der Waals surface area contributed by atoms with E-state index in [1.165, 1.54) is 11.3 Å². The number of hydrogen-bond donors (Lipinski definition) is 0. The van der Waals surface area contributed by atoms with Crippen molar-refractivity contribution in [1.29, 1.82) is 0 Å². The molecule has 0 unspecified atom stereocenters. The highest BCUT2D eigenvalue weighted by Gasteiger charge is 2.24. The number of rotatable bonds is 5. The van der Waals surface area contributed by atoms with Crippen LogP contribution in [0.25, 0.3) is 10.2 Å². The van der Waals surface area contributed by atoms with Crippen LogP contribution in [0.1, 0.15) is 16.1 Å². The monoisotopic (exact) mass is 490 g/mol. The number of hydrogen-bond acceptors (Lipinski definition) is 5. The van der Waals surface area contributed by atoms with Gasteiger partial charge in [-0.15, -0.1) is 0 Å². The number of fused-ring (bicyclic) bond motifs is 1. The Bertz CT molecular complexity index is 1090. The van der Waals surface area contributed by atoms with Crippen molar-refractivity contribution >= 4 is 55.2 Å². The summed E-state index contributed by atoms with van der Waals surface area (Å²) in [7, 11) is 1.62. The van der Waals surface area contributed by atoms with Gasteiger partial charge in [0, 0.05) is 9.64 Å². The average Bonchev–Trinajstić information content (AvgIpc) is 3.34. The zero-order valence-corrected chi connectivity index (χ0v) is 17.4. The number of methoxy groups -OCH3 is 1. The van der Waals surface area contributed by atoms with Gasteiger partial charge in [0.2, 0.25) is 0 Å². The third-order valence-corrected chi connectivity index (χ3v) is 6.06. The topological polar surface area (TPSA) is 55.6 Å². The van der Waals surface area contributed by atoms with Crippen molar-refractivity contribution in [1.82, 2.24) is 4.98 Å². The first-order valence-electron chi connectivity index (χ1n) is 8.19. The molecule has 4 aromatic rings. The standard InChI is InChI=1S/C20H15IN2O3S/c1-25-13-8-9-18-17(11-13)22-20(27-18)23(12-14-5-4-10-26-14)19(24)15-6-2-3-7-16(15)21/h2-11H,12H2,1H3. The number of thiazole rings is 1. The third-order valence-electron chi connectivity index (χ3n) is 4.06. The van der Waals surface area contributed by atoms with Gasteiger partial charge in [-0.05, 0) is 59.0 Å². The van der Waals surface area contributed by atoms with Crippen molar-refractivity contribution in [2.24, 2.45) is 0 Å². The van der Waals surface area contributed by atoms with Crippen LogP contribution in [0.5, 0.6) is 5.75 Å². The minimum atomic E-state index is -0.109. The van der Waals surface area contributed by atoms with Crippen molar-refractivity contribution in [3.63, 3.8) is 0 Å². The summed E-state index contributed by atoms with van der Waals surface area (Å²) in [6.45, 7) is 0.313. The molecule has 0 fully saturated rings. The van der Waals surface area contributed by atoms with Gasteiger partial charge in [0.1, 0.15) is 11.5 Å². The van der Waals surface area contributed by atoms with Crippen LogP contribution in [0.3, 0.4) is 0 Å². The number of benzene rings is 2. The van der Waals surface area contributed by atoms with Gasteiger partial charge >= 0.3 is 0 Å². The zero-order chi connectivity index (χ0) is 18.8. The van der Waals surface area contributed by atoms with Gasteiger partial charge in [0.05, 0.1) is 35.7 Å². The van der Waals surface area contributed by atoms with E-state index in [4.69, 9.17) is 9.15 Å². The summed E-state index contributed by atoms with van der Waals surface area (Å²) in [5.74, 6) is 1.33. The second kappa shape index (κ2) is 7.69. The van der Waals surface area contributed by atoms with Crippen LogP contribution < -0.4 is 9.64 Å². The van der Waals surface area contributed by atoms with Crippen LogP contribution in [-0.4, -0.2) is 18.0 Å². The molecule has 0 spiro atoms. The van der Waals surface area contributed by atoms with Gasteiger partial charge in [-0.2, -0.15) is 0 Å². The molecule has 0 N–H and O–H groups in total. The Morgan fingerprint density at radius 1 is 1.22 bits per heavy atom. The number of nitrogens with zero attached hydrogens (tertiary/aromatic N) is 2. The van der Waals surface area contributed by atoms with Crippen LogP contribution in [0, 0.1) is 3.57 Å². The Balaban J connectivity index is 1.78. The molecule has 5 nitrogen and oxygen atoms in total. The predicted octanol–water partition coefficient (Wildman–Crippen LogP) is 5.35. The molecular weight excluding hydrogens is 475 g/mol. The fourth-order valence-corrected chi connectivity index (χ4v) is 4.26.